The van der Waals surface area contributed by atoms with Crippen molar-refractivity contribution >= 4 is 22.6 Å². The van der Waals surface area contributed by atoms with Crippen molar-refractivity contribution in [2.24, 2.45) is 0 Å². The molecule has 5 rings (SSSR count). The molecule has 0 saturated carbocycles. The third-order valence-corrected chi connectivity index (χ3v) is 5.06. The van der Waals surface area contributed by atoms with Crippen molar-refractivity contribution in [2.75, 3.05) is 11.9 Å². The summed E-state index contributed by atoms with van der Waals surface area (Å²) in [6.45, 7) is 2.04. The molecule has 0 spiro atoms. The Morgan fingerprint density at radius 2 is 1.97 bits per heavy atom. The number of nitrogens with one attached hydrogen (secondary N) is 1. The third kappa shape index (κ3) is 3.32. The zero-order valence-corrected chi connectivity index (χ0v) is 16.6. The summed E-state index contributed by atoms with van der Waals surface area (Å²) < 4.78 is 12.9. The number of hydrogen-bond acceptors (Lipinski definition) is 6. The Kier molecular flexibility index (Phi) is 4.49. The maximum Gasteiger partial charge on any atom is 0.270 e. The number of rotatable bonds is 3. The highest BCUT2D eigenvalue weighted by Crippen LogP contribution is 2.31. The molecule has 0 aliphatic carbocycles. The lowest BCUT2D eigenvalue weighted by molar-refractivity contribution is -0.125. The maximum atomic E-state index is 12.9. The number of aryl methyl sites for hydroxylation is 1. The Balaban J connectivity index is 1.48. The molecular weight excluding hydrogens is 394 g/mol. The normalized spacial score (nSPS) is 14.8. The smallest absolute Gasteiger partial charge is 0.270 e. The molecule has 1 unspecified atom stereocenters. The van der Waals surface area contributed by atoms with Crippen LogP contribution in [0.2, 0.25) is 0 Å². The highest BCUT2D eigenvalue weighted by Gasteiger charge is 2.29. The fourth-order valence-electron chi connectivity index (χ4n) is 3.51. The molecule has 1 N–H and O–H groups in total. The highest BCUT2D eigenvalue weighted by atomic mass is 16.6. The quantitative estimate of drug-likeness (QED) is 0.555. The van der Waals surface area contributed by atoms with Crippen LogP contribution in [0.3, 0.4) is 0 Å². The van der Waals surface area contributed by atoms with Crippen LogP contribution in [-0.4, -0.2) is 33.4 Å². The first kappa shape index (κ1) is 18.6. The number of aromatic nitrogens is 3. The number of para-hydroxylation sites is 3. The van der Waals surface area contributed by atoms with E-state index in [-0.39, 0.29) is 18.0 Å². The summed E-state index contributed by atoms with van der Waals surface area (Å²) in [4.78, 5) is 17.6. The minimum Gasteiger partial charge on any atom is -0.485 e. The number of benzene rings is 2. The fourth-order valence-corrected chi connectivity index (χ4v) is 3.51. The van der Waals surface area contributed by atoms with Gasteiger partial charge in [0.25, 0.3) is 5.91 Å². The van der Waals surface area contributed by atoms with E-state index in [0.29, 0.717) is 17.3 Å². The average molecular weight is 411 g/mol. The number of carbonyl (C=O) groups excluding carboxylic acids is 1. The molecule has 2 aromatic heterocycles. The molecule has 1 aliphatic heterocycles. The Bertz CT molecular complexity index is 1360. The van der Waals surface area contributed by atoms with Gasteiger partial charge in [-0.3, -0.25) is 4.79 Å². The minimum absolute atomic E-state index is 0.0617. The monoisotopic (exact) mass is 411 g/mol. The predicted octanol–water partition coefficient (Wildman–Crippen LogP) is 3.38. The van der Waals surface area contributed by atoms with Gasteiger partial charge >= 0.3 is 0 Å². The third-order valence-electron chi connectivity index (χ3n) is 5.06. The molecule has 0 radical (unpaired) electrons. The molecule has 31 heavy (non-hydrogen) atoms. The van der Waals surface area contributed by atoms with Gasteiger partial charge < -0.3 is 14.8 Å². The lowest BCUT2D eigenvalue weighted by Gasteiger charge is -2.25. The summed E-state index contributed by atoms with van der Waals surface area (Å²) >= 11 is 0. The standard InChI is InChI=1S/C23H17N5O3/c1-14-10-21(26-17-7-3-2-6-16(14)17)28-22(15(11-24)12-25-28)27-23(29)20-13-30-18-8-4-5-9-19(18)31-20/h2-10,12,20H,13H2,1H3,(H,27,29). The van der Waals surface area contributed by atoms with E-state index >= 15 is 0 Å². The Hall–Kier alpha value is -4.38. The van der Waals surface area contributed by atoms with Crippen LogP contribution in [0, 0.1) is 18.3 Å². The van der Waals surface area contributed by atoms with Crippen molar-refractivity contribution in [3.05, 3.63) is 71.9 Å². The van der Waals surface area contributed by atoms with Crippen molar-refractivity contribution < 1.29 is 14.3 Å². The first-order chi connectivity index (χ1) is 15.1. The van der Waals surface area contributed by atoms with Gasteiger partial charge in [0.1, 0.15) is 18.2 Å². The van der Waals surface area contributed by atoms with E-state index in [9.17, 15) is 10.1 Å². The molecule has 2 aromatic carbocycles. The van der Waals surface area contributed by atoms with E-state index in [1.165, 1.54) is 10.9 Å². The first-order valence-electron chi connectivity index (χ1n) is 9.68. The van der Waals surface area contributed by atoms with Gasteiger partial charge in [0.15, 0.2) is 23.1 Å². The van der Waals surface area contributed by atoms with E-state index in [1.807, 2.05) is 43.3 Å². The number of pyridine rings is 1. The highest BCUT2D eigenvalue weighted by molar-refractivity contribution is 5.95. The number of amides is 1. The number of ether oxygens (including phenoxy) is 2. The summed E-state index contributed by atoms with van der Waals surface area (Å²) in [6.07, 6.45) is 0.533. The van der Waals surface area contributed by atoms with Gasteiger partial charge in [-0.25, -0.2) is 4.98 Å². The molecule has 0 saturated heterocycles. The van der Waals surface area contributed by atoms with Crippen molar-refractivity contribution in [3.8, 4) is 23.4 Å². The molecule has 1 amide bonds. The summed E-state index contributed by atoms with van der Waals surface area (Å²) in [5.74, 6) is 1.38. The maximum absolute atomic E-state index is 12.9. The molecule has 8 heteroatoms. The molecule has 8 nitrogen and oxygen atoms in total. The van der Waals surface area contributed by atoms with Crippen molar-refractivity contribution in [2.45, 2.75) is 13.0 Å². The number of anilines is 1. The van der Waals surface area contributed by atoms with Crippen LogP contribution < -0.4 is 14.8 Å². The van der Waals surface area contributed by atoms with Crippen LogP contribution >= 0.6 is 0 Å². The summed E-state index contributed by atoms with van der Waals surface area (Å²) in [6, 6.07) is 18.8. The van der Waals surface area contributed by atoms with E-state index < -0.39 is 12.0 Å². The van der Waals surface area contributed by atoms with Gasteiger partial charge in [0.05, 0.1) is 11.7 Å². The van der Waals surface area contributed by atoms with Crippen LogP contribution in [0.4, 0.5) is 5.82 Å². The lowest BCUT2D eigenvalue weighted by Crippen LogP contribution is -2.40. The molecule has 0 fully saturated rings. The van der Waals surface area contributed by atoms with E-state index in [2.05, 4.69) is 21.5 Å². The Morgan fingerprint density at radius 1 is 1.19 bits per heavy atom. The van der Waals surface area contributed by atoms with Crippen LogP contribution in [-0.2, 0) is 4.79 Å². The Morgan fingerprint density at radius 3 is 2.81 bits per heavy atom. The number of nitriles is 1. The van der Waals surface area contributed by atoms with Crippen molar-refractivity contribution in [1.82, 2.24) is 14.8 Å². The van der Waals surface area contributed by atoms with Gasteiger partial charge in [-0.1, -0.05) is 30.3 Å². The second kappa shape index (κ2) is 7.46. The van der Waals surface area contributed by atoms with Gasteiger partial charge in [-0.15, -0.1) is 0 Å². The van der Waals surface area contributed by atoms with Gasteiger partial charge in [-0.2, -0.15) is 15.0 Å². The topological polar surface area (TPSA) is 102 Å². The summed E-state index contributed by atoms with van der Waals surface area (Å²) in [5, 5.41) is 17.6. The number of carbonyl (C=O) groups is 1. The molecule has 152 valence electrons. The summed E-state index contributed by atoms with van der Waals surface area (Å²) in [7, 11) is 0. The number of nitrogens with zero attached hydrogens (tertiary/aromatic N) is 4. The largest absolute Gasteiger partial charge is 0.485 e. The second-order valence-corrected chi connectivity index (χ2v) is 7.10. The van der Waals surface area contributed by atoms with E-state index in [1.54, 1.807) is 18.2 Å². The zero-order valence-electron chi connectivity index (χ0n) is 16.6. The van der Waals surface area contributed by atoms with Gasteiger partial charge in [-0.05, 0) is 36.8 Å². The molecular formula is C23H17N5O3. The van der Waals surface area contributed by atoms with Gasteiger partial charge in [0, 0.05) is 5.39 Å². The first-order valence-corrected chi connectivity index (χ1v) is 9.68. The number of hydrogen-bond donors (Lipinski definition) is 1. The number of fused-ring (bicyclic) bond motifs is 2. The fraction of sp³-hybridized carbons (Fsp3) is 0.130. The molecule has 3 heterocycles. The molecule has 4 aromatic rings. The predicted molar refractivity (Wildman–Crippen MR) is 113 cm³/mol. The Labute approximate surface area is 177 Å². The van der Waals surface area contributed by atoms with Crippen LogP contribution in [0.15, 0.2) is 60.8 Å². The van der Waals surface area contributed by atoms with Crippen LogP contribution in [0.1, 0.15) is 11.1 Å². The van der Waals surface area contributed by atoms with Crippen molar-refractivity contribution in [3.63, 3.8) is 0 Å². The second-order valence-electron chi connectivity index (χ2n) is 7.10. The molecule has 1 atom stereocenters. The van der Waals surface area contributed by atoms with Gasteiger partial charge in [0.2, 0.25) is 6.10 Å². The minimum atomic E-state index is -0.865. The van der Waals surface area contributed by atoms with E-state index in [4.69, 9.17) is 9.47 Å². The van der Waals surface area contributed by atoms with E-state index in [0.717, 1.165) is 16.5 Å². The van der Waals surface area contributed by atoms with Crippen molar-refractivity contribution in [1.29, 1.82) is 5.26 Å². The van der Waals surface area contributed by atoms with Crippen LogP contribution in [0.25, 0.3) is 16.7 Å². The average Bonchev–Trinajstić information content (AvgIpc) is 3.21. The van der Waals surface area contributed by atoms with Crippen LogP contribution in [0.5, 0.6) is 11.5 Å². The molecule has 1 aliphatic rings. The SMILES string of the molecule is Cc1cc(-n2ncc(C#N)c2NC(=O)C2COc3ccccc3O2)nc2ccccc12. The lowest BCUT2D eigenvalue weighted by atomic mass is 10.1. The zero-order chi connectivity index (χ0) is 21.4. The summed E-state index contributed by atoms with van der Waals surface area (Å²) in [5.41, 5.74) is 2.02. The molecule has 0 bridgehead atoms.